The van der Waals surface area contributed by atoms with Gasteiger partial charge in [-0.1, -0.05) is 0 Å². The molecule has 0 radical (unpaired) electrons. The van der Waals surface area contributed by atoms with E-state index in [2.05, 4.69) is 5.32 Å². The van der Waals surface area contributed by atoms with Crippen LogP contribution in [-0.2, 0) is 14.3 Å². The summed E-state index contributed by atoms with van der Waals surface area (Å²) < 4.78 is 10.6. The van der Waals surface area contributed by atoms with Gasteiger partial charge in [-0.15, -0.1) is 0 Å². The minimum absolute atomic E-state index is 0.00388. The van der Waals surface area contributed by atoms with Gasteiger partial charge in [0.25, 0.3) is 0 Å². The first-order chi connectivity index (χ1) is 7.90. The second-order valence-electron chi connectivity index (χ2n) is 5.28. The molecule has 5 heteroatoms. The van der Waals surface area contributed by atoms with Crippen molar-refractivity contribution in [2.24, 2.45) is 0 Å². The predicted molar refractivity (Wildman–Crippen MR) is 62.8 cm³/mol. The zero-order chi connectivity index (χ0) is 12.9. The van der Waals surface area contributed by atoms with Gasteiger partial charge in [0.15, 0.2) is 0 Å². The molecule has 0 saturated carbocycles. The van der Waals surface area contributed by atoms with Crippen LogP contribution in [0.1, 0.15) is 40.0 Å². The maximum absolute atomic E-state index is 11.5. The van der Waals surface area contributed by atoms with Crippen LogP contribution in [0.15, 0.2) is 0 Å². The number of rotatable bonds is 3. The predicted octanol–water partition coefficient (Wildman–Crippen LogP) is 1.65. The van der Waals surface area contributed by atoms with E-state index in [1.807, 2.05) is 20.8 Å². The lowest BCUT2D eigenvalue weighted by Gasteiger charge is -2.29. The highest BCUT2D eigenvalue weighted by atomic mass is 16.6. The highest BCUT2D eigenvalue weighted by Crippen LogP contribution is 2.16. The number of ether oxygens (including phenoxy) is 2. The Morgan fingerprint density at radius 3 is 2.65 bits per heavy atom. The molecule has 5 nitrogen and oxygen atoms in total. The molecule has 2 atom stereocenters. The molecule has 1 amide bonds. The molecule has 1 aliphatic heterocycles. The fourth-order valence-electron chi connectivity index (χ4n) is 1.69. The molecule has 1 saturated heterocycles. The molecule has 1 heterocycles. The zero-order valence-corrected chi connectivity index (χ0v) is 10.7. The molecule has 0 aromatic heterocycles. The average molecular weight is 243 g/mol. The van der Waals surface area contributed by atoms with E-state index in [0.29, 0.717) is 13.0 Å². The maximum Gasteiger partial charge on any atom is 0.407 e. The van der Waals surface area contributed by atoms with Crippen molar-refractivity contribution in [1.82, 2.24) is 5.32 Å². The van der Waals surface area contributed by atoms with E-state index in [1.165, 1.54) is 0 Å². The van der Waals surface area contributed by atoms with E-state index in [1.54, 1.807) is 0 Å². The Labute approximate surface area is 102 Å². The molecule has 98 valence electrons. The summed E-state index contributed by atoms with van der Waals surface area (Å²) in [4.78, 5) is 21.8. The minimum atomic E-state index is -0.486. The lowest BCUT2D eigenvalue weighted by molar-refractivity contribution is -0.111. The molecular formula is C12H21NO4. The van der Waals surface area contributed by atoms with Crippen LogP contribution in [0.2, 0.25) is 0 Å². The van der Waals surface area contributed by atoms with Crippen LogP contribution in [0.5, 0.6) is 0 Å². The first kappa shape index (κ1) is 14.0. The van der Waals surface area contributed by atoms with Gasteiger partial charge in [0, 0.05) is 6.42 Å². The normalized spacial score (nSPS) is 25.1. The monoisotopic (exact) mass is 243 g/mol. The molecule has 0 aromatic carbocycles. The molecule has 0 spiro atoms. The van der Waals surface area contributed by atoms with Crippen LogP contribution >= 0.6 is 0 Å². The van der Waals surface area contributed by atoms with Crippen molar-refractivity contribution in [1.29, 1.82) is 0 Å². The fourth-order valence-corrected chi connectivity index (χ4v) is 1.69. The van der Waals surface area contributed by atoms with Crippen molar-refractivity contribution < 1.29 is 19.1 Å². The standard InChI is InChI=1S/C12H21NO4/c1-12(2,3)17-11(15)13-9-4-5-10(6-7-14)16-8-9/h7,9-10H,4-6,8H2,1-3H3,(H,13,15)/t9-,10+/m1/s1. The second kappa shape index (κ2) is 6.00. The van der Waals surface area contributed by atoms with Gasteiger partial charge in [0.2, 0.25) is 0 Å². The lowest BCUT2D eigenvalue weighted by atomic mass is 10.0. The lowest BCUT2D eigenvalue weighted by Crippen LogP contribution is -2.44. The van der Waals surface area contributed by atoms with E-state index in [0.717, 1.165) is 19.1 Å². The number of amides is 1. The Morgan fingerprint density at radius 1 is 1.47 bits per heavy atom. The largest absolute Gasteiger partial charge is 0.444 e. The van der Waals surface area contributed by atoms with Crippen molar-refractivity contribution in [3.05, 3.63) is 0 Å². The van der Waals surface area contributed by atoms with Gasteiger partial charge in [-0.25, -0.2) is 4.79 Å². The van der Waals surface area contributed by atoms with Crippen LogP contribution in [0.4, 0.5) is 4.79 Å². The zero-order valence-electron chi connectivity index (χ0n) is 10.7. The van der Waals surface area contributed by atoms with Crippen molar-refractivity contribution in [3.63, 3.8) is 0 Å². The van der Waals surface area contributed by atoms with Crippen molar-refractivity contribution in [2.75, 3.05) is 6.61 Å². The number of nitrogens with one attached hydrogen (secondary N) is 1. The highest BCUT2D eigenvalue weighted by Gasteiger charge is 2.24. The maximum atomic E-state index is 11.5. The number of hydrogen-bond acceptors (Lipinski definition) is 4. The van der Waals surface area contributed by atoms with Crippen molar-refractivity contribution in [3.8, 4) is 0 Å². The van der Waals surface area contributed by atoms with E-state index >= 15 is 0 Å². The second-order valence-corrected chi connectivity index (χ2v) is 5.28. The summed E-state index contributed by atoms with van der Waals surface area (Å²) in [5.74, 6) is 0. The van der Waals surface area contributed by atoms with E-state index < -0.39 is 11.7 Å². The summed E-state index contributed by atoms with van der Waals surface area (Å²) in [6.07, 6.45) is 2.49. The third-order valence-electron chi connectivity index (χ3n) is 2.45. The Balaban J connectivity index is 2.26. The Morgan fingerprint density at radius 2 is 2.18 bits per heavy atom. The first-order valence-corrected chi connectivity index (χ1v) is 5.95. The summed E-state index contributed by atoms with van der Waals surface area (Å²) in [6, 6.07) is -0.0206. The van der Waals surface area contributed by atoms with Gasteiger partial charge >= 0.3 is 6.09 Å². The Kier molecular flexibility index (Phi) is 4.93. The van der Waals surface area contributed by atoms with Crippen LogP contribution in [0.25, 0.3) is 0 Å². The van der Waals surface area contributed by atoms with E-state index in [9.17, 15) is 9.59 Å². The van der Waals surface area contributed by atoms with Crippen LogP contribution < -0.4 is 5.32 Å². The van der Waals surface area contributed by atoms with Gasteiger partial charge in [0.05, 0.1) is 18.8 Å². The molecule has 1 aliphatic rings. The summed E-state index contributed by atoms with van der Waals surface area (Å²) in [5, 5.41) is 2.76. The minimum Gasteiger partial charge on any atom is -0.444 e. The number of hydrogen-bond donors (Lipinski definition) is 1. The number of carbonyl (C=O) groups excluding carboxylic acids is 2. The van der Waals surface area contributed by atoms with Crippen LogP contribution in [0.3, 0.4) is 0 Å². The Bertz CT molecular complexity index is 264. The molecule has 0 aliphatic carbocycles. The van der Waals surface area contributed by atoms with Crippen molar-refractivity contribution in [2.45, 2.75) is 57.8 Å². The molecule has 1 rings (SSSR count). The number of alkyl carbamates (subject to hydrolysis) is 1. The van der Waals surface area contributed by atoms with E-state index in [-0.39, 0.29) is 12.1 Å². The van der Waals surface area contributed by atoms with Crippen molar-refractivity contribution >= 4 is 12.4 Å². The average Bonchev–Trinajstić information content (AvgIpc) is 2.18. The Hall–Kier alpha value is -1.10. The third-order valence-corrected chi connectivity index (χ3v) is 2.45. The number of aldehydes is 1. The van der Waals surface area contributed by atoms with Gasteiger partial charge in [0.1, 0.15) is 11.9 Å². The summed E-state index contributed by atoms with van der Waals surface area (Å²) in [5.41, 5.74) is -0.486. The quantitative estimate of drug-likeness (QED) is 0.765. The molecule has 0 bridgehead atoms. The summed E-state index contributed by atoms with van der Waals surface area (Å²) in [7, 11) is 0. The SMILES string of the molecule is CC(C)(C)OC(=O)N[C@@H]1CC[C@@H](CC=O)OC1. The summed E-state index contributed by atoms with van der Waals surface area (Å²) >= 11 is 0. The number of carbonyl (C=O) groups is 2. The van der Waals surface area contributed by atoms with Gasteiger partial charge in [-0.3, -0.25) is 0 Å². The first-order valence-electron chi connectivity index (χ1n) is 5.95. The topological polar surface area (TPSA) is 64.6 Å². The van der Waals surface area contributed by atoms with Gasteiger partial charge in [-0.05, 0) is 33.6 Å². The molecule has 17 heavy (non-hydrogen) atoms. The van der Waals surface area contributed by atoms with Crippen LogP contribution in [-0.4, -0.2) is 36.7 Å². The van der Waals surface area contributed by atoms with E-state index in [4.69, 9.17) is 9.47 Å². The molecule has 1 N–H and O–H groups in total. The van der Waals surface area contributed by atoms with Gasteiger partial charge in [-0.2, -0.15) is 0 Å². The molecule has 1 fully saturated rings. The molecule has 0 unspecified atom stereocenters. The van der Waals surface area contributed by atoms with Crippen LogP contribution in [0, 0.1) is 0 Å². The van der Waals surface area contributed by atoms with Gasteiger partial charge < -0.3 is 19.6 Å². The molecular weight excluding hydrogens is 222 g/mol. The highest BCUT2D eigenvalue weighted by molar-refractivity contribution is 5.68. The fraction of sp³-hybridized carbons (Fsp3) is 0.833. The molecule has 0 aromatic rings. The smallest absolute Gasteiger partial charge is 0.407 e. The summed E-state index contributed by atoms with van der Waals surface area (Å²) in [6.45, 7) is 5.91. The third kappa shape index (κ3) is 5.68.